The molecule has 6 heteroatoms. The molecule has 28 heavy (non-hydrogen) atoms. The highest BCUT2D eigenvalue weighted by Crippen LogP contribution is 2.24. The van der Waals surface area contributed by atoms with Gasteiger partial charge in [0, 0.05) is 18.7 Å². The van der Waals surface area contributed by atoms with Crippen LogP contribution < -0.4 is 4.74 Å². The van der Waals surface area contributed by atoms with Crippen molar-refractivity contribution >= 4 is 5.91 Å². The number of aromatic nitrogens is 3. The molecule has 0 spiro atoms. The molecule has 1 aliphatic heterocycles. The van der Waals surface area contributed by atoms with Crippen LogP contribution in [-0.2, 0) is 0 Å². The maximum atomic E-state index is 13.0. The van der Waals surface area contributed by atoms with Crippen molar-refractivity contribution in [1.82, 2.24) is 19.7 Å². The molecule has 1 saturated heterocycles. The number of carbonyl (C=O) groups excluding carboxylic acids is 1. The zero-order valence-corrected chi connectivity index (χ0v) is 16.2. The van der Waals surface area contributed by atoms with Crippen molar-refractivity contribution in [2.75, 3.05) is 20.2 Å². The summed E-state index contributed by atoms with van der Waals surface area (Å²) in [5, 5.41) is 4.58. The van der Waals surface area contributed by atoms with Crippen molar-refractivity contribution in [3.63, 3.8) is 0 Å². The summed E-state index contributed by atoms with van der Waals surface area (Å²) in [7, 11) is 1.64. The van der Waals surface area contributed by atoms with E-state index in [9.17, 15) is 4.79 Å². The first-order valence-corrected chi connectivity index (χ1v) is 9.62. The molecule has 0 unspecified atom stereocenters. The summed E-state index contributed by atoms with van der Waals surface area (Å²) in [6.07, 6.45) is 2.05. The smallest absolute Gasteiger partial charge is 0.293 e. The van der Waals surface area contributed by atoms with Gasteiger partial charge in [-0.15, -0.1) is 5.10 Å². The van der Waals surface area contributed by atoms with Gasteiger partial charge in [0.15, 0.2) is 5.82 Å². The molecule has 2 aromatic carbocycles. The number of nitrogens with zero attached hydrogens (tertiary/aromatic N) is 4. The lowest BCUT2D eigenvalue weighted by atomic mass is 9.99. The van der Waals surface area contributed by atoms with Gasteiger partial charge in [-0.2, -0.15) is 0 Å². The van der Waals surface area contributed by atoms with Crippen LogP contribution in [-0.4, -0.2) is 45.8 Å². The highest BCUT2D eigenvalue weighted by atomic mass is 16.5. The van der Waals surface area contributed by atoms with E-state index < -0.39 is 0 Å². The number of likely N-dealkylation sites (tertiary alicyclic amines) is 1. The topological polar surface area (TPSA) is 60.3 Å². The Bertz CT molecular complexity index is 942. The zero-order chi connectivity index (χ0) is 19.5. The highest BCUT2D eigenvalue weighted by molar-refractivity contribution is 5.91. The van der Waals surface area contributed by atoms with Gasteiger partial charge in [0.1, 0.15) is 5.75 Å². The predicted molar refractivity (Wildman–Crippen MR) is 108 cm³/mol. The van der Waals surface area contributed by atoms with Crippen LogP contribution >= 0.6 is 0 Å². The largest absolute Gasteiger partial charge is 0.497 e. The van der Waals surface area contributed by atoms with E-state index in [-0.39, 0.29) is 11.7 Å². The minimum absolute atomic E-state index is 0.101. The summed E-state index contributed by atoms with van der Waals surface area (Å²) >= 11 is 0. The van der Waals surface area contributed by atoms with Gasteiger partial charge in [-0.05, 0) is 43.0 Å². The maximum absolute atomic E-state index is 13.0. The fraction of sp³-hybridized carbons (Fsp3) is 0.318. The van der Waals surface area contributed by atoms with E-state index in [2.05, 4.69) is 17.0 Å². The van der Waals surface area contributed by atoms with Gasteiger partial charge < -0.3 is 9.64 Å². The van der Waals surface area contributed by atoms with Gasteiger partial charge >= 0.3 is 0 Å². The number of amides is 1. The summed E-state index contributed by atoms with van der Waals surface area (Å²) in [6.45, 7) is 3.75. The van der Waals surface area contributed by atoms with E-state index in [4.69, 9.17) is 4.74 Å². The van der Waals surface area contributed by atoms with Crippen molar-refractivity contribution in [2.24, 2.45) is 5.92 Å². The molecule has 144 valence electrons. The Balaban J connectivity index is 1.72. The number of rotatable bonds is 4. The predicted octanol–water partition coefficient (Wildman–Crippen LogP) is 3.82. The Morgan fingerprint density at radius 2 is 1.71 bits per heavy atom. The highest BCUT2D eigenvalue weighted by Gasteiger charge is 2.26. The van der Waals surface area contributed by atoms with E-state index in [1.54, 1.807) is 11.8 Å². The number of methoxy groups -OCH3 is 1. The normalized spacial score (nSPS) is 14.9. The van der Waals surface area contributed by atoms with Crippen molar-refractivity contribution in [1.29, 1.82) is 0 Å². The second-order valence-corrected chi connectivity index (χ2v) is 7.21. The fourth-order valence-corrected chi connectivity index (χ4v) is 3.43. The van der Waals surface area contributed by atoms with Gasteiger partial charge in [0.05, 0.1) is 12.8 Å². The minimum atomic E-state index is -0.101. The van der Waals surface area contributed by atoms with Gasteiger partial charge in [-0.3, -0.25) is 4.79 Å². The van der Waals surface area contributed by atoms with Crippen LogP contribution in [0.1, 0.15) is 30.4 Å². The molecular formula is C22H24N4O2. The van der Waals surface area contributed by atoms with E-state index >= 15 is 0 Å². The van der Waals surface area contributed by atoms with Crippen LogP contribution in [0.15, 0.2) is 54.6 Å². The quantitative estimate of drug-likeness (QED) is 0.695. The molecule has 4 rings (SSSR count). The van der Waals surface area contributed by atoms with Gasteiger partial charge in [-0.25, -0.2) is 9.67 Å². The second kappa shape index (κ2) is 7.84. The van der Waals surface area contributed by atoms with Crippen molar-refractivity contribution < 1.29 is 9.53 Å². The van der Waals surface area contributed by atoms with Gasteiger partial charge in [0.25, 0.3) is 5.91 Å². The molecule has 6 nitrogen and oxygen atoms in total. The summed E-state index contributed by atoms with van der Waals surface area (Å²) in [5.74, 6) is 2.22. The van der Waals surface area contributed by atoms with E-state index in [0.717, 1.165) is 42.9 Å². The fourth-order valence-electron chi connectivity index (χ4n) is 3.43. The standard InChI is InChI=1S/C22H24N4O2/c1-16-12-14-25(15-13-16)22(27)20-23-21(17-6-4-3-5-7-17)26(24-20)18-8-10-19(28-2)11-9-18/h3-11,16H,12-15H2,1-2H3. The first kappa shape index (κ1) is 18.2. The summed E-state index contributed by atoms with van der Waals surface area (Å²) in [6, 6.07) is 17.4. The summed E-state index contributed by atoms with van der Waals surface area (Å²) in [5.41, 5.74) is 1.75. The second-order valence-electron chi connectivity index (χ2n) is 7.21. The Hall–Kier alpha value is -3.15. The third kappa shape index (κ3) is 3.63. The van der Waals surface area contributed by atoms with Crippen LogP contribution in [0.3, 0.4) is 0 Å². The molecule has 0 bridgehead atoms. The van der Waals surface area contributed by atoms with Crippen LogP contribution in [0, 0.1) is 5.92 Å². The van der Waals surface area contributed by atoms with Crippen LogP contribution in [0.25, 0.3) is 17.1 Å². The third-order valence-corrected chi connectivity index (χ3v) is 5.22. The SMILES string of the molecule is COc1ccc(-n2nc(C(=O)N3CCC(C)CC3)nc2-c2ccccc2)cc1. The molecule has 1 fully saturated rings. The van der Waals surface area contributed by atoms with Crippen LogP contribution in [0.2, 0.25) is 0 Å². The molecule has 1 amide bonds. The van der Waals surface area contributed by atoms with Gasteiger partial charge in [-0.1, -0.05) is 37.3 Å². The molecule has 3 aromatic rings. The van der Waals surface area contributed by atoms with Crippen LogP contribution in [0.4, 0.5) is 0 Å². The number of hydrogen-bond donors (Lipinski definition) is 0. The third-order valence-electron chi connectivity index (χ3n) is 5.22. The van der Waals surface area contributed by atoms with E-state index in [0.29, 0.717) is 11.7 Å². The maximum Gasteiger partial charge on any atom is 0.293 e. The molecule has 0 aliphatic carbocycles. The number of piperidine rings is 1. The summed E-state index contributed by atoms with van der Waals surface area (Å²) in [4.78, 5) is 19.5. The lowest BCUT2D eigenvalue weighted by molar-refractivity contribution is 0.0685. The number of carbonyl (C=O) groups is 1. The average molecular weight is 376 g/mol. The Morgan fingerprint density at radius 3 is 2.36 bits per heavy atom. The molecule has 1 aromatic heterocycles. The Morgan fingerprint density at radius 1 is 1.04 bits per heavy atom. The molecule has 0 N–H and O–H groups in total. The van der Waals surface area contributed by atoms with Crippen molar-refractivity contribution in [3.8, 4) is 22.8 Å². The minimum Gasteiger partial charge on any atom is -0.497 e. The average Bonchev–Trinajstić information content (AvgIpc) is 3.20. The van der Waals surface area contributed by atoms with E-state index in [1.165, 1.54) is 0 Å². The van der Waals surface area contributed by atoms with Crippen molar-refractivity contribution in [3.05, 3.63) is 60.4 Å². The molecule has 0 saturated carbocycles. The van der Waals surface area contributed by atoms with Crippen molar-refractivity contribution in [2.45, 2.75) is 19.8 Å². The van der Waals surface area contributed by atoms with Crippen LogP contribution in [0.5, 0.6) is 5.75 Å². The summed E-state index contributed by atoms with van der Waals surface area (Å²) < 4.78 is 6.98. The Kier molecular flexibility index (Phi) is 5.10. The molecule has 2 heterocycles. The first-order chi connectivity index (χ1) is 13.7. The molecule has 1 aliphatic rings. The first-order valence-electron chi connectivity index (χ1n) is 9.62. The number of hydrogen-bond acceptors (Lipinski definition) is 4. The zero-order valence-electron chi connectivity index (χ0n) is 16.2. The van der Waals surface area contributed by atoms with E-state index in [1.807, 2.05) is 59.5 Å². The number of benzene rings is 2. The monoisotopic (exact) mass is 376 g/mol. The molecule has 0 radical (unpaired) electrons. The molecule has 0 atom stereocenters. The molecular weight excluding hydrogens is 352 g/mol. The lowest BCUT2D eigenvalue weighted by Crippen LogP contribution is -2.38. The lowest BCUT2D eigenvalue weighted by Gasteiger charge is -2.29. The van der Waals surface area contributed by atoms with Gasteiger partial charge in [0.2, 0.25) is 5.82 Å². The Labute approximate surface area is 164 Å². The number of ether oxygens (including phenoxy) is 1.